The molecule has 1 aromatic heterocycles. The second kappa shape index (κ2) is 5.02. The molecule has 0 spiro atoms. The van der Waals surface area contributed by atoms with Crippen LogP contribution < -0.4 is 5.73 Å². The Morgan fingerprint density at radius 3 is 1.71 bits per heavy atom. The molecule has 0 amide bonds. The second-order valence-electron chi connectivity index (χ2n) is 7.25. The van der Waals surface area contributed by atoms with Gasteiger partial charge in [-0.3, -0.25) is 9.59 Å². The van der Waals surface area contributed by atoms with Gasteiger partial charge in [-0.15, -0.1) is 11.3 Å². The van der Waals surface area contributed by atoms with Gasteiger partial charge >= 0.3 is 11.9 Å². The van der Waals surface area contributed by atoms with E-state index in [1.54, 1.807) is 26.2 Å². The molecule has 0 atom stereocenters. The molecule has 1 heterocycles. The van der Waals surface area contributed by atoms with Gasteiger partial charge < -0.3 is 15.9 Å². The predicted octanol–water partition coefficient (Wildman–Crippen LogP) is 3.08. The van der Waals surface area contributed by atoms with Gasteiger partial charge in [0, 0.05) is 0 Å². The third-order valence-electron chi connectivity index (χ3n) is 3.74. The molecule has 0 saturated heterocycles. The first-order valence-corrected chi connectivity index (χ1v) is 7.50. The van der Waals surface area contributed by atoms with E-state index in [1.165, 1.54) is 0 Å². The normalized spacial score (nSPS) is 13.2. The van der Waals surface area contributed by atoms with E-state index in [0.29, 0.717) is 0 Å². The van der Waals surface area contributed by atoms with Crippen LogP contribution in [0.15, 0.2) is 5.38 Å². The maximum absolute atomic E-state index is 11.9. The van der Waals surface area contributed by atoms with Gasteiger partial charge in [-0.1, -0.05) is 41.5 Å². The fourth-order valence-corrected chi connectivity index (χ4v) is 4.12. The lowest BCUT2D eigenvalue weighted by Crippen LogP contribution is -2.53. The number of nitrogens with two attached hydrogens (primary N) is 1. The SMILES string of the molecule is CC(C)(C)c1csc(C(C(=O)O)(C(=O)O)C(C)(C)C)c1N. The van der Waals surface area contributed by atoms with E-state index in [4.69, 9.17) is 5.73 Å². The van der Waals surface area contributed by atoms with Crippen molar-refractivity contribution in [3.05, 3.63) is 15.8 Å². The Balaban J connectivity index is 3.76. The molecule has 4 N–H and O–H groups in total. The van der Waals surface area contributed by atoms with Crippen LogP contribution in [0.5, 0.6) is 0 Å². The van der Waals surface area contributed by atoms with E-state index < -0.39 is 22.8 Å². The minimum atomic E-state index is -2.06. The zero-order chi connectivity index (χ0) is 16.8. The average molecular weight is 313 g/mol. The molecular formula is C15H23NO4S. The summed E-state index contributed by atoms with van der Waals surface area (Å²) in [5.41, 5.74) is 3.81. The number of aliphatic carboxylic acids is 2. The summed E-state index contributed by atoms with van der Waals surface area (Å²) >= 11 is 1.11. The summed E-state index contributed by atoms with van der Waals surface area (Å²) in [5.74, 6) is -2.78. The third kappa shape index (κ3) is 2.52. The number of carboxylic acid groups (broad SMARTS) is 2. The van der Waals surface area contributed by atoms with Crippen LogP contribution in [0.25, 0.3) is 0 Å². The largest absolute Gasteiger partial charge is 0.480 e. The molecule has 5 nitrogen and oxygen atoms in total. The zero-order valence-corrected chi connectivity index (χ0v) is 14.1. The summed E-state index contributed by atoms with van der Waals surface area (Å²) in [6.07, 6.45) is 0. The Labute approximate surface area is 128 Å². The highest BCUT2D eigenvalue weighted by Crippen LogP contribution is 2.49. The fourth-order valence-electron chi connectivity index (χ4n) is 2.51. The molecule has 0 aliphatic rings. The van der Waals surface area contributed by atoms with E-state index in [-0.39, 0.29) is 16.0 Å². The van der Waals surface area contributed by atoms with Crippen molar-refractivity contribution in [3.63, 3.8) is 0 Å². The molecule has 118 valence electrons. The second-order valence-corrected chi connectivity index (χ2v) is 8.13. The Kier molecular flexibility index (Phi) is 4.18. The average Bonchev–Trinajstić information content (AvgIpc) is 2.57. The van der Waals surface area contributed by atoms with Gasteiger partial charge in [0.2, 0.25) is 5.41 Å². The molecule has 0 saturated carbocycles. The van der Waals surface area contributed by atoms with Crippen LogP contribution in [0, 0.1) is 5.41 Å². The zero-order valence-electron chi connectivity index (χ0n) is 13.3. The van der Waals surface area contributed by atoms with E-state index in [1.807, 2.05) is 20.8 Å². The molecule has 0 aromatic carbocycles. The first-order chi connectivity index (χ1) is 9.27. The number of hydrogen-bond acceptors (Lipinski definition) is 4. The Bertz CT molecular complexity index is 561. The van der Waals surface area contributed by atoms with E-state index in [2.05, 4.69) is 0 Å². The van der Waals surface area contributed by atoms with Gasteiger partial charge in [0.05, 0.1) is 10.6 Å². The Morgan fingerprint density at radius 2 is 1.48 bits per heavy atom. The predicted molar refractivity (Wildman–Crippen MR) is 83.8 cm³/mol. The van der Waals surface area contributed by atoms with Crippen LogP contribution in [0.3, 0.4) is 0 Å². The molecule has 0 aliphatic carbocycles. The molecule has 1 rings (SSSR count). The highest BCUT2D eigenvalue weighted by Gasteiger charge is 2.59. The lowest BCUT2D eigenvalue weighted by Gasteiger charge is -2.37. The number of carbonyl (C=O) groups is 2. The van der Waals surface area contributed by atoms with Gasteiger partial charge in [-0.2, -0.15) is 0 Å². The fraction of sp³-hybridized carbons (Fsp3) is 0.600. The van der Waals surface area contributed by atoms with Crippen molar-refractivity contribution in [2.24, 2.45) is 5.41 Å². The van der Waals surface area contributed by atoms with Crippen molar-refractivity contribution in [1.82, 2.24) is 0 Å². The molecular weight excluding hydrogens is 290 g/mol. The number of nitrogen functional groups attached to an aromatic ring is 1. The number of anilines is 1. The summed E-state index contributed by atoms with van der Waals surface area (Å²) in [6.45, 7) is 10.7. The maximum Gasteiger partial charge on any atom is 0.327 e. The molecule has 1 aromatic rings. The Morgan fingerprint density at radius 1 is 1.05 bits per heavy atom. The minimum absolute atomic E-state index is 0.194. The van der Waals surface area contributed by atoms with Crippen LogP contribution in [-0.2, 0) is 20.4 Å². The molecule has 0 bridgehead atoms. The van der Waals surface area contributed by atoms with Crippen molar-refractivity contribution in [1.29, 1.82) is 0 Å². The van der Waals surface area contributed by atoms with Crippen molar-refractivity contribution >= 4 is 29.0 Å². The number of thiophene rings is 1. The number of carboxylic acids is 2. The van der Waals surface area contributed by atoms with E-state index >= 15 is 0 Å². The first-order valence-electron chi connectivity index (χ1n) is 6.62. The summed E-state index contributed by atoms with van der Waals surface area (Å²) in [5, 5.41) is 21.1. The molecule has 0 aliphatic heterocycles. The maximum atomic E-state index is 11.9. The molecule has 0 radical (unpaired) electrons. The van der Waals surface area contributed by atoms with Crippen molar-refractivity contribution in [2.75, 3.05) is 5.73 Å². The monoisotopic (exact) mass is 313 g/mol. The highest BCUT2D eigenvalue weighted by molar-refractivity contribution is 7.11. The van der Waals surface area contributed by atoms with Crippen LogP contribution in [0.1, 0.15) is 52.0 Å². The van der Waals surface area contributed by atoms with Crippen molar-refractivity contribution < 1.29 is 19.8 Å². The summed E-state index contributed by atoms with van der Waals surface area (Å²) in [6, 6.07) is 0. The number of rotatable bonds is 3. The minimum Gasteiger partial charge on any atom is -0.480 e. The standard InChI is InChI=1S/C15H23NO4S/c1-13(2,3)8-7-21-10(9(8)16)15(11(17)18,12(19)20)14(4,5)6/h7H,16H2,1-6H3,(H,17,18)(H,19,20). The van der Waals surface area contributed by atoms with Crippen LogP contribution in [0.2, 0.25) is 0 Å². The van der Waals surface area contributed by atoms with Gasteiger partial charge in [0.15, 0.2) is 0 Å². The first kappa shape index (κ1) is 17.5. The molecule has 0 unspecified atom stereocenters. The smallest absolute Gasteiger partial charge is 0.327 e. The lowest BCUT2D eigenvalue weighted by molar-refractivity contribution is -0.163. The number of hydrogen-bond donors (Lipinski definition) is 3. The highest BCUT2D eigenvalue weighted by atomic mass is 32.1. The Hall–Kier alpha value is -1.56. The van der Waals surface area contributed by atoms with Crippen LogP contribution in [-0.4, -0.2) is 22.2 Å². The van der Waals surface area contributed by atoms with Gasteiger partial charge in [0.1, 0.15) is 0 Å². The van der Waals surface area contributed by atoms with Gasteiger partial charge in [-0.05, 0) is 21.8 Å². The van der Waals surface area contributed by atoms with Gasteiger partial charge in [0.25, 0.3) is 0 Å². The van der Waals surface area contributed by atoms with Gasteiger partial charge in [-0.25, -0.2) is 0 Å². The summed E-state index contributed by atoms with van der Waals surface area (Å²) < 4.78 is 0. The van der Waals surface area contributed by atoms with E-state index in [0.717, 1.165) is 16.9 Å². The summed E-state index contributed by atoms with van der Waals surface area (Å²) in [7, 11) is 0. The molecule has 0 fully saturated rings. The van der Waals surface area contributed by atoms with Crippen molar-refractivity contribution in [3.8, 4) is 0 Å². The molecule has 21 heavy (non-hydrogen) atoms. The third-order valence-corrected chi connectivity index (χ3v) is 4.86. The molecule has 6 heteroatoms. The quantitative estimate of drug-likeness (QED) is 0.744. The lowest BCUT2D eigenvalue weighted by atomic mass is 9.64. The van der Waals surface area contributed by atoms with Crippen LogP contribution in [0.4, 0.5) is 5.69 Å². The topological polar surface area (TPSA) is 101 Å². The summed E-state index contributed by atoms with van der Waals surface area (Å²) in [4.78, 5) is 24.0. The van der Waals surface area contributed by atoms with Crippen LogP contribution >= 0.6 is 11.3 Å². The van der Waals surface area contributed by atoms with Crippen molar-refractivity contribution in [2.45, 2.75) is 52.4 Å². The van der Waals surface area contributed by atoms with E-state index in [9.17, 15) is 19.8 Å².